The van der Waals surface area contributed by atoms with Gasteiger partial charge in [-0.15, -0.1) is 0 Å². The fourth-order valence-corrected chi connectivity index (χ4v) is 1.13. The summed E-state index contributed by atoms with van der Waals surface area (Å²) in [4.78, 5) is 12.9. The molecular formula is C11H16N2O3. The molecule has 16 heavy (non-hydrogen) atoms. The first-order chi connectivity index (χ1) is 7.67. The first kappa shape index (κ1) is 12.3. The molecule has 0 unspecified atom stereocenters. The normalized spacial score (nSPS) is 9.69. The van der Waals surface area contributed by atoms with Crippen LogP contribution in [0.1, 0.15) is 0 Å². The summed E-state index contributed by atoms with van der Waals surface area (Å²) < 4.78 is 10.1. The number of hydrogen-bond acceptors (Lipinski definition) is 4. The van der Waals surface area contributed by atoms with Crippen LogP contribution in [-0.4, -0.2) is 38.2 Å². The topological polar surface area (TPSA) is 64.8 Å². The predicted octanol–water partition coefficient (Wildman–Crippen LogP) is 1.08. The molecule has 1 amide bonds. The highest BCUT2D eigenvalue weighted by atomic mass is 16.6. The molecule has 0 heterocycles. The van der Waals surface area contributed by atoms with E-state index in [1.54, 1.807) is 38.4 Å². The van der Waals surface area contributed by atoms with E-state index in [0.29, 0.717) is 24.6 Å². The van der Waals surface area contributed by atoms with Crippen LogP contribution in [0.15, 0.2) is 24.3 Å². The van der Waals surface area contributed by atoms with Crippen LogP contribution in [0.5, 0.6) is 11.5 Å². The highest BCUT2D eigenvalue weighted by Gasteiger charge is 2.10. The van der Waals surface area contributed by atoms with E-state index in [2.05, 4.69) is 0 Å². The minimum atomic E-state index is -0.432. The lowest BCUT2D eigenvalue weighted by molar-refractivity contribution is 0.164. The van der Waals surface area contributed by atoms with Gasteiger partial charge in [-0.2, -0.15) is 0 Å². The standard InChI is InChI=1S/C11H16N2O3/c1-13(7-6-12)11(14)16-10-5-3-4-9(8-10)15-2/h3-5,8H,6-7,12H2,1-2H3. The zero-order valence-electron chi connectivity index (χ0n) is 9.47. The van der Waals surface area contributed by atoms with Crippen molar-refractivity contribution < 1.29 is 14.3 Å². The Kier molecular flexibility index (Phi) is 4.60. The zero-order chi connectivity index (χ0) is 12.0. The van der Waals surface area contributed by atoms with Crippen molar-refractivity contribution in [1.29, 1.82) is 0 Å². The number of nitrogens with two attached hydrogens (primary N) is 1. The van der Waals surface area contributed by atoms with Gasteiger partial charge in [-0.05, 0) is 12.1 Å². The number of amides is 1. The van der Waals surface area contributed by atoms with Gasteiger partial charge in [0, 0.05) is 26.2 Å². The lowest BCUT2D eigenvalue weighted by atomic mass is 10.3. The number of hydrogen-bond donors (Lipinski definition) is 1. The second-order valence-corrected chi connectivity index (χ2v) is 3.26. The molecule has 0 saturated heterocycles. The van der Waals surface area contributed by atoms with E-state index in [9.17, 15) is 4.79 Å². The summed E-state index contributed by atoms with van der Waals surface area (Å²) in [6, 6.07) is 6.87. The largest absolute Gasteiger partial charge is 0.497 e. The summed E-state index contributed by atoms with van der Waals surface area (Å²) >= 11 is 0. The van der Waals surface area contributed by atoms with Gasteiger partial charge in [0.05, 0.1) is 7.11 Å². The Hall–Kier alpha value is -1.75. The van der Waals surface area contributed by atoms with Crippen molar-refractivity contribution in [3.05, 3.63) is 24.3 Å². The van der Waals surface area contributed by atoms with E-state index in [1.165, 1.54) is 4.90 Å². The van der Waals surface area contributed by atoms with Crippen molar-refractivity contribution in [3.63, 3.8) is 0 Å². The molecule has 0 aliphatic heterocycles. The third-order valence-corrected chi connectivity index (χ3v) is 2.02. The third kappa shape index (κ3) is 3.43. The Morgan fingerprint density at radius 2 is 2.12 bits per heavy atom. The molecule has 0 radical (unpaired) electrons. The molecule has 0 aromatic heterocycles. The van der Waals surface area contributed by atoms with Gasteiger partial charge in [0.1, 0.15) is 11.5 Å². The SMILES string of the molecule is COc1cccc(OC(=O)N(C)CCN)c1. The van der Waals surface area contributed by atoms with Crippen LogP contribution < -0.4 is 15.2 Å². The van der Waals surface area contributed by atoms with E-state index in [1.807, 2.05) is 0 Å². The van der Waals surface area contributed by atoms with Gasteiger partial charge < -0.3 is 20.1 Å². The first-order valence-corrected chi connectivity index (χ1v) is 4.94. The van der Waals surface area contributed by atoms with Gasteiger partial charge in [0.15, 0.2) is 0 Å². The molecule has 0 fully saturated rings. The molecule has 5 heteroatoms. The number of carbonyl (C=O) groups is 1. The van der Waals surface area contributed by atoms with E-state index < -0.39 is 6.09 Å². The van der Waals surface area contributed by atoms with E-state index in [4.69, 9.17) is 15.2 Å². The quantitative estimate of drug-likeness (QED) is 0.831. The monoisotopic (exact) mass is 224 g/mol. The maximum atomic E-state index is 11.5. The lowest BCUT2D eigenvalue weighted by Crippen LogP contribution is -2.33. The zero-order valence-corrected chi connectivity index (χ0v) is 9.47. The average molecular weight is 224 g/mol. The van der Waals surface area contributed by atoms with E-state index >= 15 is 0 Å². The molecule has 0 atom stereocenters. The van der Waals surface area contributed by atoms with Crippen molar-refractivity contribution in [1.82, 2.24) is 4.90 Å². The Labute approximate surface area is 94.7 Å². The summed E-state index contributed by atoms with van der Waals surface area (Å²) in [6.07, 6.45) is -0.432. The maximum Gasteiger partial charge on any atom is 0.415 e. The Balaban J connectivity index is 2.61. The van der Waals surface area contributed by atoms with Crippen molar-refractivity contribution in [2.75, 3.05) is 27.2 Å². The number of benzene rings is 1. The summed E-state index contributed by atoms with van der Waals surface area (Å²) in [5, 5.41) is 0. The lowest BCUT2D eigenvalue weighted by Gasteiger charge is -2.15. The molecule has 5 nitrogen and oxygen atoms in total. The average Bonchev–Trinajstić information content (AvgIpc) is 2.29. The number of carbonyl (C=O) groups excluding carboxylic acids is 1. The Morgan fingerprint density at radius 3 is 2.75 bits per heavy atom. The number of likely N-dealkylation sites (N-methyl/N-ethyl adjacent to an activating group) is 1. The molecule has 88 valence electrons. The van der Waals surface area contributed by atoms with Gasteiger partial charge in [-0.25, -0.2) is 4.79 Å². The molecule has 1 aromatic carbocycles. The maximum absolute atomic E-state index is 11.5. The highest BCUT2D eigenvalue weighted by Crippen LogP contribution is 2.19. The van der Waals surface area contributed by atoms with Crippen LogP contribution in [0.4, 0.5) is 4.79 Å². The molecular weight excluding hydrogens is 208 g/mol. The molecule has 0 aliphatic carbocycles. The highest BCUT2D eigenvalue weighted by molar-refractivity contribution is 5.70. The number of nitrogens with zero attached hydrogens (tertiary/aromatic N) is 1. The summed E-state index contributed by atoms with van der Waals surface area (Å²) in [5.41, 5.74) is 5.34. The van der Waals surface area contributed by atoms with Crippen LogP contribution >= 0.6 is 0 Å². The molecule has 0 saturated carbocycles. The second-order valence-electron chi connectivity index (χ2n) is 3.26. The minimum Gasteiger partial charge on any atom is -0.497 e. The number of rotatable bonds is 4. The minimum absolute atomic E-state index is 0.406. The van der Waals surface area contributed by atoms with Gasteiger partial charge in [0.25, 0.3) is 0 Å². The number of methoxy groups -OCH3 is 1. The first-order valence-electron chi connectivity index (χ1n) is 4.94. The Bertz CT molecular complexity index is 355. The summed E-state index contributed by atoms with van der Waals surface area (Å²) in [5.74, 6) is 1.10. The van der Waals surface area contributed by atoms with Crippen LogP contribution in [0, 0.1) is 0 Å². The van der Waals surface area contributed by atoms with Crippen molar-refractivity contribution in [2.24, 2.45) is 5.73 Å². The van der Waals surface area contributed by atoms with Crippen molar-refractivity contribution in [2.45, 2.75) is 0 Å². The van der Waals surface area contributed by atoms with Crippen LogP contribution in [-0.2, 0) is 0 Å². The summed E-state index contributed by atoms with van der Waals surface area (Å²) in [6.45, 7) is 0.868. The van der Waals surface area contributed by atoms with Crippen LogP contribution in [0.2, 0.25) is 0 Å². The Morgan fingerprint density at radius 1 is 1.44 bits per heavy atom. The van der Waals surface area contributed by atoms with Gasteiger partial charge in [-0.3, -0.25) is 0 Å². The second kappa shape index (κ2) is 5.97. The molecule has 0 aliphatic rings. The van der Waals surface area contributed by atoms with Crippen molar-refractivity contribution >= 4 is 6.09 Å². The van der Waals surface area contributed by atoms with Gasteiger partial charge >= 0.3 is 6.09 Å². The summed E-state index contributed by atoms with van der Waals surface area (Å²) in [7, 11) is 3.19. The predicted molar refractivity (Wildman–Crippen MR) is 60.7 cm³/mol. The van der Waals surface area contributed by atoms with E-state index in [-0.39, 0.29) is 0 Å². The molecule has 1 rings (SSSR count). The van der Waals surface area contributed by atoms with Gasteiger partial charge in [0.2, 0.25) is 0 Å². The molecule has 0 bridgehead atoms. The molecule has 2 N–H and O–H groups in total. The fraction of sp³-hybridized carbons (Fsp3) is 0.364. The van der Waals surface area contributed by atoms with Gasteiger partial charge in [-0.1, -0.05) is 6.07 Å². The van der Waals surface area contributed by atoms with Crippen molar-refractivity contribution in [3.8, 4) is 11.5 Å². The van der Waals surface area contributed by atoms with Crippen LogP contribution in [0.3, 0.4) is 0 Å². The number of ether oxygens (including phenoxy) is 2. The smallest absolute Gasteiger partial charge is 0.415 e. The molecule has 0 spiro atoms. The van der Waals surface area contributed by atoms with Crippen LogP contribution in [0.25, 0.3) is 0 Å². The van der Waals surface area contributed by atoms with E-state index in [0.717, 1.165) is 0 Å². The fourth-order valence-electron chi connectivity index (χ4n) is 1.13. The third-order valence-electron chi connectivity index (χ3n) is 2.02. The molecule has 1 aromatic rings.